The summed E-state index contributed by atoms with van der Waals surface area (Å²) in [5, 5.41) is -0.406. The Morgan fingerprint density at radius 2 is 1.71 bits per heavy atom. The van der Waals surface area contributed by atoms with Gasteiger partial charge in [0, 0.05) is 35.5 Å². The minimum absolute atomic E-state index is 0.0767. The number of halogens is 1. The van der Waals surface area contributed by atoms with Crippen LogP contribution in [0.2, 0.25) is 0 Å². The van der Waals surface area contributed by atoms with Crippen molar-refractivity contribution in [1.82, 2.24) is 24.7 Å². The molecule has 0 spiro atoms. The van der Waals surface area contributed by atoms with Gasteiger partial charge in [-0.3, -0.25) is 14.5 Å². The third-order valence-corrected chi connectivity index (χ3v) is 8.89. The smallest absolute Gasteiger partial charge is 0.237 e. The molecule has 2 aliphatic rings. The lowest BCUT2D eigenvalue weighted by molar-refractivity contribution is -0.124. The van der Waals surface area contributed by atoms with Gasteiger partial charge in [-0.2, -0.15) is 0 Å². The number of H-pyrrole nitrogens is 1. The molecule has 2 saturated carbocycles. The highest BCUT2D eigenvalue weighted by molar-refractivity contribution is 7.90. The molecule has 196 valence electrons. The number of aromatic amines is 1. The zero-order valence-electron chi connectivity index (χ0n) is 20.4. The van der Waals surface area contributed by atoms with Crippen LogP contribution in [0.25, 0.3) is 33.7 Å². The van der Waals surface area contributed by atoms with Gasteiger partial charge in [0.2, 0.25) is 21.8 Å². The van der Waals surface area contributed by atoms with Crippen molar-refractivity contribution >= 4 is 27.0 Å². The number of fused-ring (bicyclic) bond motifs is 1. The summed E-state index contributed by atoms with van der Waals surface area (Å²) in [6.45, 7) is 0. The summed E-state index contributed by atoms with van der Waals surface area (Å²) in [7, 11) is -3.51. The van der Waals surface area contributed by atoms with Gasteiger partial charge < -0.3 is 9.72 Å². The van der Waals surface area contributed by atoms with E-state index in [1.165, 1.54) is 12.1 Å². The minimum Gasteiger partial charge on any atom is -0.474 e. The molecule has 0 radical (unpaired) electrons. The molecule has 6 rings (SSSR count). The second kappa shape index (κ2) is 9.79. The van der Waals surface area contributed by atoms with Crippen LogP contribution >= 0.6 is 0 Å². The van der Waals surface area contributed by atoms with Crippen molar-refractivity contribution in [1.29, 1.82) is 0 Å². The molecule has 0 unspecified atom stereocenters. The molecule has 3 heterocycles. The molecule has 4 aromatic rings. The molecule has 11 heteroatoms. The third kappa shape index (κ3) is 5.24. The highest BCUT2D eigenvalue weighted by Crippen LogP contribution is 2.31. The normalized spacial score (nSPS) is 19.8. The molecule has 0 aliphatic heterocycles. The van der Waals surface area contributed by atoms with E-state index in [9.17, 15) is 17.6 Å². The molecule has 0 saturated heterocycles. The minimum atomic E-state index is -3.51. The molecule has 3 aromatic heterocycles. The Hall–Kier alpha value is -3.86. The van der Waals surface area contributed by atoms with Crippen molar-refractivity contribution in [3.05, 3.63) is 60.7 Å². The highest BCUT2D eigenvalue weighted by Gasteiger charge is 2.38. The van der Waals surface area contributed by atoms with Crippen molar-refractivity contribution in [2.45, 2.75) is 49.9 Å². The van der Waals surface area contributed by atoms with E-state index >= 15 is 0 Å². The number of ether oxygens (including phenoxy) is 1. The Morgan fingerprint density at radius 3 is 2.39 bits per heavy atom. The van der Waals surface area contributed by atoms with Crippen LogP contribution in [0.3, 0.4) is 0 Å². The van der Waals surface area contributed by atoms with Crippen LogP contribution in [0, 0.1) is 11.7 Å². The lowest BCUT2D eigenvalue weighted by Gasteiger charge is -2.27. The number of sulfonamides is 1. The number of hydrogen-bond donors (Lipinski definition) is 2. The van der Waals surface area contributed by atoms with Crippen molar-refractivity contribution in [3.63, 3.8) is 0 Å². The van der Waals surface area contributed by atoms with Gasteiger partial charge >= 0.3 is 0 Å². The lowest BCUT2D eigenvalue weighted by Crippen LogP contribution is -2.40. The summed E-state index contributed by atoms with van der Waals surface area (Å²) in [6.07, 6.45) is 7.04. The average Bonchev–Trinajstić information content (AvgIpc) is 3.70. The van der Waals surface area contributed by atoms with Gasteiger partial charge in [0.1, 0.15) is 17.7 Å². The first-order valence-corrected chi connectivity index (χ1v) is 14.2. The molecule has 38 heavy (non-hydrogen) atoms. The summed E-state index contributed by atoms with van der Waals surface area (Å²) in [5.74, 6) is 0.0735. The second-order valence-electron chi connectivity index (χ2n) is 9.87. The Bertz CT molecular complexity index is 1580. The van der Waals surface area contributed by atoms with Crippen molar-refractivity contribution in [3.8, 4) is 28.5 Å². The summed E-state index contributed by atoms with van der Waals surface area (Å²) >= 11 is 0. The van der Waals surface area contributed by atoms with E-state index in [2.05, 4.69) is 24.7 Å². The maximum Gasteiger partial charge on any atom is 0.237 e. The van der Waals surface area contributed by atoms with E-state index in [-0.39, 0.29) is 17.8 Å². The highest BCUT2D eigenvalue weighted by atomic mass is 32.2. The molecule has 2 fully saturated rings. The molecule has 9 nitrogen and oxygen atoms in total. The summed E-state index contributed by atoms with van der Waals surface area (Å²) < 4.78 is 45.8. The number of imidazole rings is 1. The van der Waals surface area contributed by atoms with Gasteiger partial charge in [-0.1, -0.05) is 0 Å². The first-order valence-electron chi connectivity index (χ1n) is 12.6. The molecular formula is C27H26FN5O4S. The monoisotopic (exact) mass is 535 g/mol. The number of amides is 1. The number of carbonyl (C=O) groups excluding carboxylic acids is 1. The van der Waals surface area contributed by atoms with Crippen LogP contribution < -0.4 is 9.46 Å². The van der Waals surface area contributed by atoms with E-state index in [0.29, 0.717) is 61.3 Å². The van der Waals surface area contributed by atoms with E-state index in [1.807, 2.05) is 18.2 Å². The van der Waals surface area contributed by atoms with Gasteiger partial charge in [-0.15, -0.1) is 0 Å². The molecule has 1 amide bonds. The first kappa shape index (κ1) is 24.5. The largest absolute Gasteiger partial charge is 0.474 e. The number of benzene rings is 1. The Kier molecular flexibility index (Phi) is 6.30. The summed E-state index contributed by atoms with van der Waals surface area (Å²) in [4.78, 5) is 28.9. The van der Waals surface area contributed by atoms with Crippen molar-refractivity contribution in [2.75, 3.05) is 0 Å². The van der Waals surface area contributed by atoms with Crippen LogP contribution in [0.5, 0.6) is 5.88 Å². The zero-order chi connectivity index (χ0) is 26.3. The predicted octanol–water partition coefficient (Wildman–Crippen LogP) is 4.37. The summed E-state index contributed by atoms with van der Waals surface area (Å²) in [5.41, 5.74) is 3.66. The number of carbonyl (C=O) groups is 1. The Labute approximate surface area is 218 Å². The quantitative estimate of drug-likeness (QED) is 0.360. The topological polar surface area (TPSA) is 127 Å². The fourth-order valence-corrected chi connectivity index (χ4v) is 6.09. The number of nitrogens with zero attached hydrogens (tertiary/aromatic N) is 3. The van der Waals surface area contributed by atoms with E-state index < -0.39 is 21.2 Å². The van der Waals surface area contributed by atoms with E-state index in [1.54, 1.807) is 24.5 Å². The number of hydrogen-bond acceptors (Lipinski definition) is 7. The Morgan fingerprint density at radius 1 is 0.947 bits per heavy atom. The second-order valence-corrected chi connectivity index (χ2v) is 11.8. The van der Waals surface area contributed by atoms with E-state index in [4.69, 9.17) is 4.74 Å². The van der Waals surface area contributed by atoms with Crippen LogP contribution in [-0.2, 0) is 14.8 Å². The zero-order valence-corrected chi connectivity index (χ0v) is 21.2. The fraction of sp³-hybridized carbons (Fsp3) is 0.333. The van der Waals surface area contributed by atoms with Gasteiger partial charge in [-0.25, -0.2) is 22.8 Å². The average molecular weight is 536 g/mol. The predicted molar refractivity (Wildman–Crippen MR) is 139 cm³/mol. The van der Waals surface area contributed by atoms with Crippen LogP contribution in [0.1, 0.15) is 38.5 Å². The van der Waals surface area contributed by atoms with Gasteiger partial charge in [-0.05, 0) is 74.9 Å². The third-order valence-electron chi connectivity index (χ3n) is 7.05. The van der Waals surface area contributed by atoms with Crippen LogP contribution in [-0.4, -0.2) is 45.6 Å². The van der Waals surface area contributed by atoms with Gasteiger partial charge in [0.15, 0.2) is 0 Å². The van der Waals surface area contributed by atoms with Crippen molar-refractivity contribution < 1.29 is 22.3 Å². The Balaban J connectivity index is 1.04. The maximum atomic E-state index is 13.5. The van der Waals surface area contributed by atoms with Crippen molar-refractivity contribution in [2.24, 2.45) is 5.92 Å². The van der Waals surface area contributed by atoms with E-state index in [0.717, 1.165) is 16.8 Å². The number of nitrogens with one attached hydrogen (secondary N) is 2. The summed E-state index contributed by atoms with van der Waals surface area (Å²) in [6, 6.07) is 11.9. The van der Waals surface area contributed by atoms with Gasteiger partial charge in [0.05, 0.1) is 22.0 Å². The number of aromatic nitrogens is 4. The first-order chi connectivity index (χ1) is 18.3. The van der Waals surface area contributed by atoms with Gasteiger partial charge in [0.25, 0.3) is 0 Å². The SMILES string of the molecule is O=C(NS(=O)(=O)C1CC1)C1CCC(Oc2ccc(-c3ccc(-c4nc5ccc(F)cc5[nH]4)cn3)cn2)CC1. The maximum absolute atomic E-state index is 13.5. The molecule has 0 bridgehead atoms. The standard InChI is InChI=1S/C27H26FN5O4S/c28-19-5-11-23-24(13-19)32-26(31-23)18-3-10-22(29-15-18)17-4-12-25(30-14-17)37-20-6-1-16(2-7-20)27(34)33-38(35,36)21-8-9-21/h3-5,10-16,20-21H,1-2,6-9H2,(H,31,32)(H,33,34). The molecule has 2 aliphatic carbocycles. The fourth-order valence-electron chi connectivity index (χ4n) is 4.72. The number of rotatable bonds is 7. The van der Waals surface area contributed by atoms with Crippen LogP contribution in [0.15, 0.2) is 54.9 Å². The molecular weight excluding hydrogens is 509 g/mol. The number of pyridine rings is 2. The molecule has 1 aromatic carbocycles. The molecule has 2 N–H and O–H groups in total. The van der Waals surface area contributed by atoms with Crippen LogP contribution in [0.4, 0.5) is 4.39 Å². The molecule has 0 atom stereocenters. The lowest BCUT2D eigenvalue weighted by atomic mass is 9.87.